The maximum Gasteiger partial charge on any atom is 0.408 e. The molecule has 2 N–H and O–H groups in total. The average molecular weight is 358 g/mol. The number of ether oxygens (including phenoxy) is 1. The maximum absolute atomic E-state index is 12.1. The van der Waals surface area contributed by atoms with Gasteiger partial charge in [-0.15, -0.1) is 0 Å². The molecule has 2 aromatic rings. The molecular weight excluding hydrogens is 332 g/mol. The van der Waals surface area contributed by atoms with Gasteiger partial charge in [-0.3, -0.25) is 9.48 Å². The zero-order chi connectivity index (χ0) is 19.2. The van der Waals surface area contributed by atoms with E-state index >= 15 is 0 Å². The second-order valence-corrected chi connectivity index (χ2v) is 7.11. The molecule has 2 rings (SSSR count). The van der Waals surface area contributed by atoms with Crippen LogP contribution in [0.2, 0.25) is 0 Å². The van der Waals surface area contributed by atoms with Crippen molar-refractivity contribution in [1.29, 1.82) is 0 Å². The highest BCUT2D eigenvalue weighted by molar-refractivity contribution is 5.85. The molecular formula is C19H26N4O3. The molecule has 0 spiro atoms. The van der Waals surface area contributed by atoms with Crippen molar-refractivity contribution in [2.45, 2.75) is 52.4 Å². The van der Waals surface area contributed by atoms with Crippen LogP contribution in [0, 0.1) is 0 Å². The van der Waals surface area contributed by atoms with E-state index < -0.39 is 17.7 Å². The molecule has 7 nitrogen and oxygen atoms in total. The number of aromatic nitrogens is 2. The zero-order valence-corrected chi connectivity index (χ0v) is 15.7. The Morgan fingerprint density at radius 2 is 1.85 bits per heavy atom. The second kappa shape index (κ2) is 8.51. The molecule has 1 aromatic carbocycles. The molecule has 0 radical (unpaired) electrons. The van der Waals surface area contributed by atoms with Crippen molar-refractivity contribution < 1.29 is 14.3 Å². The van der Waals surface area contributed by atoms with Gasteiger partial charge in [0.25, 0.3) is 0 Å². The highest BCUT2D eigenvalue weighted by Crippen LogP contribution is 2.07. The topological polar surface area (TPSA) is 85.2 Å². The molecule has 0 aliphatic carbocycles. The van der Waals surface area contributed by atoms with E-state index in [0.29, 0.717) is 13.1 Å². The first kappa shape index (κ1) is 19.5. The number of hydrogen-bond acceptors (Lipinski definition) is 4. The third kappa shape index (κ3) is 6.58. The SMILES string of the molecule is C[C@@H](NC(=O)OC(C)(C)C)C(=O)NCc1ccc(Cn2cccn2)cc1. The van der Waals surface area contributed by atoms with Gasteiger partial charge in [0.15, 0.2) is 0 Å². The van der Waals surface area contributed by atoms with Crippen LogP contribution >= 0.6 is 0 Å². The lowest BCUT2D eigenvalue weighted by Crippen LogP contribution is -2.46. The lowest BCUT2D eigenvalue weighted by molar-refractivity contribution is -0.122. The number of hydrogen-bond donors (Lipinski definition) is 2. The van der Waals surface area contributed by atoms with E-state index in [1.54, 1.807) is 33.9 Å². The Labute approximate surface area is 153 Å². The molecule has 0 bridgehead atoms. The fourth-order valence-corrected chi connectivity index (χ4v) is 2.24. The molecule has 26 heavy (non-hydrogen) atoms. The molecule has 0 saturated carbocycles. The maximum atomic E-state index is 12.1. The first-order chi connectivity index (χ1) is 12.2. The summed E-state index contributed by atoms with van der Waals surface area (Å²) in [6, 6.07) is 9.15. The van der Waals surface area contributed by atoms with Crippen molar-refractivity contribution in [2.24, 2.45) is 0 Å². The van der Waals surface area contributed by atoms with Gasteiger partial charge in [0.05, 0.1) is 6.54 Å². The number of carbonyl (C=O) groups excluding carboxylic acids is 2. The van der Waals surface area contributed by atoms with Gasteiger partial charge in [0, 0.05) is 18.9 Å². The standard InChI is InChI=1S/C19H26N4O3/c1-14(22-18(25)26-19(2,3)4)17(24)20-12-15-6-8-16(9-7-15)13-23-11-5-10-21-23/h5-11,14H,12-13H2,1-4H3,(H,20,24)(H,22,25)/t14-/m1/s1. The number of benzene rings is 1. The lowest BCUT2D eigenvalue weighted by atomic mass is 10.1. The van der Waals surface area contributed by atoms with Crippen LogP contribution in [0.4, 0.5) is 4.79 Å². The Morgan fingerprint density at radius 3 is 2.42 bits per heavy atom. The average Bonchev–Trinajstić information content (AvgIpc) is 3.05. The van der Waals surface area contributed by atoms with E-state index in [-0.39, 0.29) is 5.91 Å². The van der Waals surface area contributed by atoms with Gasteiger partial charge in [-0.2, -0.15) is 5.10 Å². The number of rotatable bonds is 6. The fraction of sp³-hybridized carbons (Fsp3) is 0.421. The van der Waals surface area contributed by atoms with Crippen molar-refractivity contribution >= 4 is 12.0 Å². The van der Waals surface area contributed by atoms with Crippen molar-refractivity contribution in [3.8, 4) is 0 Å². The van der Waals surface area contributed by atoms with Crippen LogP contribution < -0.4 is 10.6 Å². The van der Waals surface area contributed by atoms with E-state index in [4.69, 9.17) is 4.74 Å². The zero-order valence-electron chi connectivity index (χ0n) is 15.7. The third-order valence-corrected chi connectivity index (χ3v) is 3.52. The van der Waals surface area contributed by atoms with Crippen LogP contribution in [-0.4, -0.2) is 33.4 Å². The second-order valence-electron chi connectivity index (χ2n) is 7.11. The fourth-order valence-electron chi connectivity index (χ4n) is 2.24. The van der Waals surface area contributed by atoms with Crippen LogP contribution in [-0.2, 0) is 22.6 Å². The summed E-state index contributed by atoms with van der Waals surface area (Å²) >= 11 is 0. The Morgan fingerprint density at radius 1 is 1.19 bits per heavy atom. The van der Waals surface area contributed by atoms with Gasteiger partial charge < -0.3 is 15.4 Å². The van der Waals surface area contributed by atoms with E-state index in [1.807, 2.05) is 41.2 Å². The van der Waals surface area contributed by atoms with Gasteiger partial charge >= 0.3 is 6.09 Å². The molecule has 1 heterocycles. The molecule has 0 fully saturated rings. The minimum absolute atomic E-state index is 0.267. The predicted molar refractivity (Wildman–Crippen MR) is 98.4 cm³/mol. The van der Waals surface area contributed by atoms with Crippen LogP contribution in [0.1, 0.15) is 38.8 Å². The number of carbonyl (C=O) groups is 2. The summed E-state index contributed by atoms with van der Waals surface area (Å²) in [6.45, 7) is 8.03. The van der Waals surface area contributed by atoms with Crippen LogP contribution in [0.25, 0.3) is 0 Å². The molecule has 0 aliphatic rings. The Kier molecular flexibility index (Phi) is 6.38. The van der Waals surface area contributed by atoms with Crippen LogP contribution in [0.3, 0.4) is 0 Å². The summed E-state index contributed by atoms with van der Waals surface area (Å²) in [7, 11) is 0. The normalized spacial score (nSPS) is 12.3. The largest absolute Gasteiger partial charge is 0.444 e. The van der Waals surface area contributed by atoms with Gasteiger partial charge in [0.2, 0.25) is 5.91 Å². The summed E-state index contributed by atoms with van der Waals surface area (Å²) < 4.78 is 6.99. The van der Waals surface area contributed by atoms with Gasteiger partial charge in [-0.05, 0) is 44.9 Å². The highest BCUT2D eigenvalue weighted by Gasteiger charge is 2.20. The van der Waals surface area contributed by atoms with Gasteiger partial charge in [0.1, 0.15) is 11.6 Å². The van der Waals surface area contributed by atoms with Crippen LogP contribution in [0.15, 0.2) is 42.7 Å². The van der Waals surface area contributed by atoms with Gasteiger partial charge in [-0.1, -0.05) is 24.3 Å². The summed E-state index contributed by atoms with van der Waals surface area (Å²) in [4.78, 5) is 23.8. The number of nitrogens with zero attached hydrogens (tertiary/aromatic N) is 2. The Hall–Kier alpha value is -2.83. The Balaban J connectivity index is 1.78. The van der Waals surface area contributed by atoms with Crippen molar-refractivity contribution in [1.82, 2.24) is 20.4 Å². The summed E-state index contributed by atoms with van der Waals surface area (Å²) in [5, 5.41) is 9.50. The molecule has 0 saturated heterocycles. The molecule has 1 aromatic heterocycles. The van der Waals surface area contributed by atoms with E-state index in [9.17, 15) is 9.59 Å². The first-order valence-electron chi connectivity index (χ1n) is 8.55. The Bertz CT molecular complexity index is 718. The molecule has 0 aliphatic heterocycles. The van der Waals surface area contributed by atoms with E-state index in [1.165, 1.54) is 0 Å². The number of amides is 2. The molecule has 7 heteroatoms. The first-order valence-corrected chi connectivity index (χ1v) is 8.55. The minimum Gasteiger partial charge on any atom is -0.444 e. The van der Waals surface area contributed by atoms with Crippen LogP contribution in [0.5, 0.6) is 0 Å². The molecule has 2 amide bonds. The molecule has 0 unspecified atom stereocenters. The number of alkyl carbamates (subject to hydrolysis) is 1. The third-order valence-electron chi connectivity index (χ3n) is 3.52. The number of nitrogens with one attached hydrogen (secondary N) is 2. The minimum atomic E-state index is -0.677. The van der Waals surface area contributed by atoms with Gasteiger partial charge in [-0.25, -0.2) is 4.79 Å². The quantitative estimate of drug-likeness (QED) is 0.831. The summed E-state index contributed by atoms with van der Waals surface area (Å²) in [5.74, 6) is -0.267. The van der Waals surface area contributed by atoms with Crippen molar-refractivity contribution in [3.05, 3.63) is 53.9 Å². The smallest absolute Gasteiger partial charge is 0.408 e. The lowest BCUT2D eigenvalue weighted by Gasteiger charge is -2.21. The summed E-state index contributed by atoms with van der Waals surface area (Å²) in [6.07, 6.45) is 3.05. The van der Waals surface area contributed by atoms with E-state index in [2.05, 4.69) is 15.7 Å². The molecule has 1 atom stereocenters. The van der Waals surface area contributed by atoms with Crippen molar-refractivity contribution in [2.75, 3.05) is 0 Å². The monoisotopic (exact) mass is 358 g/mol. The predicted octanol–water partition coefficient (Wildman–Crippen LogP) is 2.46. The highest BCUT2D eigenvalue weighted by atomic mass is 16.6. The summed E-state index contributed by atoms with van der Waals surface area (Å²) in [5.41, 5.74) is 1.51. The van der Waals surface area contributed by atoms with Crippen molar-refractivity contribution in [3.63, 3.8) is 0 Å². The van der Waals surface area contributed by atoms with E-state index in [0.717, 1.165) is 11.1 Å². The molecule has 140 valence electrons.